The van der Waals surface area contributed by atoms with Crippen molar-refractivity contribution in [1.82, 2.24) is 5.43 Å². The van der Waals surface area contributed by atoms with Crippen LogP contribution in [0.1, 0.15) is 61.5 Å². The summed E-state index contributed by atoms with van der Waals surface area (Å²) >= 11 is 0. The van der Waals surface area contributed by atoms with Crippen molar-refractivity contribution in [3.8, 4) is 5.75 Å². The summed E-state index contributed by atoms with van der Waals surface area (Å²) in [5.41, 5.74) is 4.95. The number of nitrogens with zero attached hydrogens (tertiary/aromatic N) is 2. The van der Waals surface area contributed by atoms with Crippen LogP contribution in [-0.2, 0) is 0 Å². The number of carbonyl (C=O) groups excluding carboxylic acids is 1. The molecule has 2 aromatic rings. The Morgan fingerprint density at radius 2 is 2.14 bits per heavy atom. The zero-order valence-corrected chi connectivity index (χ0v) is 16.7. The molecule has 0 saturated carbocycles. The molecule has 1 amide bonds. The molecule has 148 valence electrons. The standard InChI is InChI=1S/C22H26FN3O2/c1-5-26-20-11-19(23)16(10-18(20)14(2)12-22(26,3)4)13-24-25-21(28)15-7-6-8-17(27)9-15/h6-11,13-14,27H,5,12H2,1-4H3,(H,25,28)/b24-13+. The van der Waals surface area contributed by atoms with E-state index in [0.717, 1.165) is 24.2 Å². The number of hydrogen-bond donors (Lipinski definition) is 2. The van der Waals surface area contributed by atoms with Crippen LogP contribution in [0.2, 0.25) is 0 Å². The van der Waals surface area contributed by atoms with E-state index in [1.165, 1.54) is 18.3 Å². The summed E-state index contributed by atoms with van der Waals surface area (Å²) in [5, 5.41) is 13.3. The van der Waals surface area contributed by atoms with E-state index in [0.29, 0.717) is 11.5 Å². The topological polar surface area (TPSA) is 64.9 Å². The summed E-state index contributed by atoms with van der Waals surface area (Å²) in [5.74, 6) is -0.563. The van der Waals surface area contributed by atoms with E-state index in [9.17, 15) is 14.3 Å². The largest absolute Gasteiger partial charge is 0.508 e. The molecule has 0 bridgehead atoms. The summed E-state index contributed by atoms with van der Waals surface area (Å²) in [6.45, 7) is 9.39. The van der Waals surface area contributed by atoms with Crippen LogP contribution in [0.4, 0.5) is 10.1 Å². The molecule has 6 heteroatoms. The lowest BCUT2D eigenvalue weighted by Crippen LogP contribution is -2.48. The fraction of sp³-hybridized carbons (Fsp3) is 0.364. The van der Waals surface area contributed by atoms with Gasteiger partial charge in [-0.1, -0.05) is 13.0 Å². The van der Waals surface area contributed by atoms with Crippen molar-refractivity contribution in [2.24, 2.45) is 5.10 Å². The van der Waals surface area contributed by atoms with E-state index in [2.05, 4.69) is 43.1 Å². The first-order valence-corrected chi connectivity index (χ1v) is 9.46. The number of carbonyl (C=O) groups is 1. The molecule has 28 heavy (non-hydrogen) atoms. The Morgan fingerprint density at radius 1 is 1.39 bits per heavy atom. The third kappa shape index (κ3) is 3.86. The van der Waals surface area contributed by atoms with Gasteiger partial charge in [-0.2, -0.15) is 5.10 Å². The summed E-state index contributed by atoms with van der Waals surface area (Å²) in [6.07, 6.45) is 2.29. The molecule has 0 aliphatic carbocycles. The number of phenolic OH excluding ortho intramolecular Hbond substituents is 1. The lowest BCUT2D eigenvalue weighted by atomic mass is 9.79. The van der Waals surface area contributed by atoms with Gasteiger partial charge in [-0.3, -0.25) is 4.79 Å². The van der Waals surface area contributed by atoms with Crippen molar-refractivity contribution < 1.29 is 14.3 Å². The quantitative estimate of drug-likeness (QED) is 0.607. The molecule has 2 N–H and O–H groups in total. The highest BCUT2D eigenvalue weighted by molar-refractivity contribution is 5.95. The lowest BCUT2D eigenvalue weighted by Gasteiger charge is -2.47. The highest BCUT2D eigenvalue weighted by atomic mass is 19.1. The Kier molecular flexibility index (Phi) is 5.40. The smallest absolute Gasteiger partial charge is 0.271 e. The molecule has 1 aliphatic rings. The molecule has 5 nitrogen and oxygen atoms in total. The number of nitrogens with one attached hydrogen (secondary N) is 1. The average Bonchev–Trinajstić information content (AvgIpc) is 2.62. The van der Waals surface area contributed by atoms with E-state index >= 15 is 0 Å². The zero-order chi connectivity index (χ0) is 20.5. The van der Waals surface area contributed by atoms with Gasteiger partial charge in [0, 0.05) is 28.9 Å². The van der Waals surface area contributed by atoms with Crippen LogP contribution in [0.25, 0.3) is 0 Å². The van der Waals surface area contributed by atoms with Gasteiger partial charge >= 0.3 is 0 Å². The summed E-state index contributed by atoms with van der Waals surface area (Å²) < 4.78 is 14.7. The zero-order valence-electron chi connectivity index (χ0n) is 16.7. The van der Waals surface area contributed by atoms with Crippen LogP contribution in [0.3, 0.4) is 0 Å². The molecule has 1 aliphatic heterocycles. The third-order valence-electron chi connectivity index (χ3n) is 5.30. The maximum atomic E-state index is 14.7. The summed E-state index contributed by atoms with van der Waals surface area (Å²) in [4.78, 5) is 14.3. The molecule has 1 heterocycles. The van der Waals surface area contributed by atoms with E-state index < -0.39 is 5.91 Å². The molecular weight excluding hydrogens is 357 g/mol. The van der Waals surface area contributed by atoms with Gasteiger partial charge in [-0.05, 0) is 69.0 Å². The van der Waals surface area contributed by atoms with Crippen molar-refractivity contribution in [3.05, 3.63) is 58.9 Å². The van der Waals surface area contributed by atoms with Gasteiger partial charge in [0.15, 0.2) is 0 Å². The van der Waals surface area contributed by atoms with Gasteiger partial charge in [0.05, 0.1) is 6.21 Å². The van der Waals surface area contributed by atoms with Crippen molar-refractivity contribution in [1.29, 1.82) is 0 Å². The number of hydrogen-bond acceptors (Lipinski definition) is 4. The number of benzene rings is 2. The minimum Gasteiger partial charge on any atom is -0.508 e. The highest BCUT2D eigenvalue weighted by Crippen LogP contribution is 2.43. The van der Waals surface area contributed by atoms with Gasteiger partial charge < -0.3 is 10.0 Å². The highest BCUT2D eigenvalue weighted by Gasteiger charge is 2.36. The minimum atomic E-state index is -0.474. The van der Waals surface area contributed by atoms with Gasteiger partial charge in [-0.15, -0.1) is 0 Å². The first-order valence-electron chi connectivity index (χ1n) is 9.46. The predicted molar refractivity (Wildman–Crippen MR) is 110 cm³/mol. The van der Waals surface area contributed by atoms with Crippen LogP contribution >= 0.6 is 0 Å². The van der Waals surface area contributed by atoms with E-state index in [1.807, 2.05) is 6.07 Å². The van der Waals surface area contributed by atoms with Crippen LogP contribution < -0.4 is 10.3 Å². The minimum absolute atomic E-state index is 0.00486. The second kappa shape index (κ2) is 7.62. The Bertz CT molecular complexity index is 924. The van der Waals surface area contributed by atoms with E-state index in [-0.39, 0.29) is 22.7 Å². The van der Waals surface area contributed by atoms with Gasteiger partial charge in [0.1, 0.15) is 11.6 Å². The Morgan fingerprint density at radius 3 is 2.82 bits per heavy atom. The number of fused-ring (bicyclic) bond motifs is 1. The van der Waals surface area contributed by atoms with Crippen molar-refractivity contribution in [2.75, 3.05) is 11.4 Å². The molecular formula is C22H26FN3O2. The lowest BCUT2D eigenvalue weighted by molar-refractivity contribution is 0.0954. The number of amides is 1. The summed E-state index contributed by atoms with van der Waals surface area (Å²) in [7, 11) is 0. The molecule has 0 spiro atoms. The second-order valence-electron chi connectivity index (χ2n) is 7.84. The van der Waals surface area contributed by atoms with E-state index in [4.69, 9.17) is 0 Å². The molecule has 0 radical (unpaired) electrons. The van der Waals surface area contributed by atoms with Crippen molar-refractivity contribution in [2.45, 2.75) is 45.6 Å². The normalized spacial score (nSPS) is 18.2. The number of aromatic hydroxyl groups is 1. The molecule has 0 aromatic heterocycles. The molecule has 3 rings (SSSR count). The number of phenols is 1. The monoisotopic (exact) mass is 383 g/mol. The number of hydrazone groups is 1. The molecule has 1 atom stereocenters. The van der Waals surface area contributed by atoms with E-state index in [1.54, 1.807) is 18.2 Å². The molecule has 0 saturated heterocycles. The predicted octanol–water partition coefficient (Wildman–Crippen LogP) is 4.41. The SMILES string of the molecule is CCN1c2cc(F)c(/C=N/NC(=O)c3cccc(O)c3)cc2C(C)CC1(C)C. The van der Waals surface area contributed by atoms with Crippen LogP contribution in [0.15, 0.2) is 41.5 Å². The fourth-order valence-corrected chi connectivity index (χ4v) is 4.09. The van der Waals surface area contributed by atoms with Gasteiger partial charge in [-0.25, -0.2) is 9.82 Å². The molecule has 1 unspecified atom stereocenters. The van der Waals surface area contributed by atoms with Crippen LogP contribution in [0.5, 0.6) is 5.75 Å². The number of halogens is 1. The van der Waals surface area contributed by atoms with Gasteiger partial charge in [0.25, 0.3) is 5.91 Å². The maximum Gasteiger partial charge on any atom is 0.271 e. The number of anilines is 1. The second-order valence-corrected chi connectivity index (χ2v) is 7.84. The van der Waals surface area contributed by atoms with Crippen molar-refractivity contribution in [3.63, 3.8) is 0 Å². The fourth-order valence-electron chi connectivity index (χ4n) is 4.09. The van der Waals surface area contributed by atoms with Gasteiger partial charge in [0.2, 0.25) is 0 Å². The van der Waals surface area contributed by atoms with Crippen LogP contribution in [-0.4, -0.2) is 29.3 Å². The summed E-state index contributed by atoms with van der Waals surface area (Å²) in [6, 6.07) is 9.33. The van der Waals surface area contributed by atoms with Crippen LogP contribution in [0, 0.1) is 5.82 Å². The Labute approximate surface area is 164 Å². The average molecular weight is 383 g/mol. The molecule has 0 fully saturated rings. The maximum absolute atomic E-state index is 14.7. The van der Waals surface area contributed by atoms with Crippen molar-refractivity contribution >= 4 is 17.8 Å². The molecule has 2 aromatic carbocycles. The third-order valence-corrected chi connectivity index (χ3v) is 5.30. The Hall–Kier alpha value is -2.89. The first-order chi connectivity index (χ1) is 13.2. The first kappa shape index (κ1) is 19.9. The number of rotatable bonds is 4. The Balaban J connectivity index is 1.83.